The van der Waals surface area contributed by atoms with Gasteiger partial charge in [-0.25, -0.2) is 4.98 Å². The lowest BCUT2D eigenvalue weighted by Crippen LogP contribution is -2.28. The molecule has 5 nitrogen and oxygen atoms in total. The van der Waals surface area contributed by atoms with Gasteiger partial charge in [-0.15, -0.1) is 5.10 Å². The van der Waals surface area contributed by atoms with Crippen molar-refractivity contribution in [1.29, 1.82) is 0 Å². The molecule has 2 N–H and O–H groups in total. The zero-order chi connectivity index (χ0) is 16.1. The monoisotopic (exact) mass is 318 g/mol. The van der Waals surface area contributed by atoms with E-state index in [-0.39, 0.29) is 11.9 Å². The van der Waals surface area contributed by atoms with Crippen LogP contribution in [0.2, 0.25) is 0 Å². The number of nitrogens with zero attached hydrogens (tertiary/aromatic N) is 2. The molecule has 22 heavy (non-hydrogen) atoms. The van der Waals surface area contributed by atoms with Gasteiger partial charge in [0, 0.05) is 6.42 Å². The van der Waals surface area contributed by atoms with Gasteiger partial charge in [-0.3, -0.25) is 9.89 Å². The average molecular weight is 318 g/mol. The number of aromatic amines is 1. The number of H-pyrrole nitrogens is 1. The summed E-state index contributed by atoms with van der Waals surface area (Å²) in [6.45, 7) is 8.17. The normalized spacial score (nSPS) is 12.2. The van der Waals surface area contributed by atoms with Gasteiger partial charge in [-0.2, -0.15) is 0 Å². The molecule has 0 bridgehead atoms. The van der Waals surface area contributed by atoms with Crippen molar-refractivity contribution in [2.24, 2.45) is 0 Å². The summed E-state index contributed by atoms with van der Waals surface area (Å²) in [5.41, 5.74) is 3.61. The third-order valence-electron chi connectivity index (χ3n) is 3.59. The molecule has 118 valence electrons. The Morgan fingerprint density at radius 1 is 1.36 bits per heavy atom. The quantitative estimate of drug-likeness (QED) is 0.803. The van der Waals surface area contributed by atoms with Crippen LogP contribution in [0.4, 0.5) is 0 Å². The molecule has 2 aromatic rings. The van der Waals surface area contributed by atoms with Crippen LogP contribution in [0.5, 0.6) is 0 Å². The molecule has 0 saturated carbocycles. The molecule has 0 saturated heterocycles. The second-order valence-electron chi connectivity index (χ2n) is 5.34. The summed E-state index contributed by atoms with van der Waals surface area (Å²) in [6, 6.07) is 6.26. The topological polar surface area (TPSA) is 70.7 Å². The van der Waals surface area contributed by atoms with E-state index in [1.165, 1.54) is 22.9 Å². The fraction of sp³-hybridized carbons (Fsp3) is 0.438. The predicted octanol–water partition coefficient (Wildman–Crippen LogP) is 2.95. The standard InChI is InChI=1S/C16H22N4OS/c1-5-14-18-16(20-19-14)22-9-15(21)17-12(4)13-7-6-10(2)11(3)8-13/h6-8,12H,5,9H2,1-4H3,(H,17,21)(H,18,19,20). The molecule has 0 fully saturated rings. The van der Waals surface area contributed by atoms with E-state index >= 15 is 0 Å². The molecule has 1 amide bonds. The van der Waals surface area contributed by atoms with Crippen molar-refractivity contribution in [2.75, 3.05) is 5.75 Å². The highest BCUT2D eigenvalue weighted by Gasteiger charge is 2.12. The third kappa shape index (κ3) is 4.34. The third-order valence-corrected chi connectivity index (χ3v) is 4.43. The highest BCUT2D eigenvalue weighted by atomic mass is 32.2. The van der Waals surface area contributed by atoms with E-state index in [0.29, 0.717) is 10.9 Å². The van der Waals surface area contributed by atoms with E-state index in [0.717, 1.165) is 17.8 Å². The summed E-state index contributed by atoms with van der Waals surface area (Å²) in [5, 5.41) is 10.5. The lowest BCUT2D eigenvalue weighted by Gasteiger charge is -2.15. The van der Waals surface area contributed by atoms with Crippen LogP contribution in [0.3, 0.4) is 0 Å². The first-order valence-corrected chi connectivity index (χ1v) is 8.38. The van der Waals surface area contributed by atoms with Gasteiger partial charge >= 0.3 is 0 Å². The van der Waals surface area contributed by atoms with Crippen molar-refractivity contribution < 1.29 is 4.79 Å². The Labute approximate surface area is 135 Å². The SMILES string of the molecule is CCc1nc(SCC(=O)NC(C)c2ccc(C)c(C)c2)n[nH]1. The second kappa shape index (κ2) is 7.45. The fourth-order valence-electron chi connectivity index (χ4n) is 2.03. The van der Waals surface area contributed by atoms with Crippen LogP contribution in [0.15, 0.2) is 23.4 Å². The van der Waals surface area contributed by atoms with Crippen LogP contribution in [-0.2, 0) is 11.2 Å². The fourth-order valence-corrected chi connectivity index (χ4v) is 2.66. The molecule has 1 aromatic carbocycles. The molecule has 1 heterocycles. The molecule has 0 spiro atoms. The van der Waals surface area contributed by atoms with Crippen molar-refractivity contribution in [2.45, 2.75) is 45.3 Å². The van der Waals surface area contributed by atoms with Gasteiger partial charge in [0.15, 0.2) is 0 Å². The Morgan fingerprint density at radius 2 is 2.14 bits per heavy atom. The summed E-state index contributed by atoms with van der Waals surface area (Å²) >= 11 is 1.34. The van der Waals surface area contributed by atoms with E-state index in [4.69, 9.17) is 0 Å². The van der Waals surface area contributed by atoms with Gasteiger partial charge < -0.3 is 5.32 Å². The van der Waals surface area contributed by atoms with Crippen LogP contribution in [-0.4, -0.2) is 26.8 Å². The zero-order valence-corrected chi connectivity index (χ0v) is 14.3. The Hall–Kier alpha value is -1.82. The minimum absolute atomic E-state index is 0.00857. The van der Waals surface area contributed by atoms with Gasteiger partial charge in [-0.05, 0) is 37.5 Å². The molecule has 6 heteroatoms. The number of aryl methyl sites for hydroxylation is 3. The summed E-state index contributed by atoms with van der Waals surface area (Å²) in [6.07, 6.45) is 0.809. The van der Waals surface area contributed by atoms with E-state index in [1.54, 1.807) is 0 Å². The highest BCUT2D eigenvalue weighted by molar-refractivity contribution is 7.99. The number of nitrogens with one attached hydrogen (secondary N) is 2. The first-order chi connectivity index (χ1) is 10.5. The molecule has 0 aliphatic rings. The van der Waals surface area contributed by atoms with Crippen LogP contribution in [0, 0.1) is 13.8 Å². The molecule has 0 aliphatic carbocycles. The lowest BCUT2D eigenvalue weighted by molar-refractivity contribution is -0.119. The first-order valence-electron chi connectivity index (χ1n) is 7.40. The molecular formula is C16H22N4OS. The summed E-state index contributed by atoms with van der Waals surface area (Å²) in [7, 11) is 0. The van der Waals surface area contributed by atoms with E-state index in [1.807, 2.05) is 13.8 Å². The average Bonchev–Trinajstić information content (AvgIpc) is 2.96. The van der Waals surface area contributed by atoms with Crippen molar-refractivity contribution in [1.82, 2.24) is 20.5 Å². The van der Waals surface area contributed by atoms with Gasteiger partial charge in [0.25, 0.3) is 0 Å². The number of hydrogen-bond donors (Lipinski definition) is 2. The van der Waals surface area contributed by atoms with E-state index in [9.17, 15) is 4.79 Å². The number of amides is 1. The number of benzene rings is 1. The maximum Gasteiger partial charge on any atom is 0.230 e. The molecule has 2 rings (SSSR count). The minimum Gasteiger partial charge on any atom is -0.349 e. The molecule has 1 unspecified atom stereocenters. The van der Waals surface area contributed by atoms with Crippen LogP contribution < -0.4 is 5.32 Å². The number of rotatable bonds is 6. The highest BCUT2D eigenvalue weighted by Crippen LogP contribution is 2.17. The largest absolute Gasteiger partial charge is 0.349 e. The summed E-state index contributed by atoms with van der Waals surface area (Å²) in [5.74, 6) is 1.14. The predicted molar refractivity (Wildman–Crippen MR) is 89.0 cm³/mol. The second-order valence-corrected chi connectivity index (χ2v) is 6.28. The zero-order valence-electron chi connectivity index (χ0n) is 13.4. The maximum atomic E-state index is 12.0. The molecule has 1 atom stereocenters. The summed E-state index contributed by atoms with van der Waals surface area (Å²) < 4.78 is 0. The van der Waals surface area contributed by atoms with Crippen LogP contribution in [0.1, 0.15) is 42.4 Å². The molecule has 1 aromatic heterocycles. The number of aromatic nitrogens is 3. The number of thioether (sulfide) groups is 1. The maximum absolute atomic E-state index is 12.0. The molecular weight excluding hydrogens is 296 g/mol. The number of hydrogen-bond acceptors (Lipinski definition) is 4. The minimum atomic E-state index is -0.0152. The Kier molecular flexibility index (Phi) is 5.60. The van der Waals surface area contributed by atoms with Gasteiger partial charge in [0.05, 0.1) is 11.8 Å². The van der Waals surface area contributed by atoms with Crippen molar-refractivity contribution in [3.8, 4) is 0 Å². The summed E-state index contributed by atoms with van der Waals surface area (Å²) in [4.78, 5) is 16.3. The van der Waals surface area contributed by atoms with E-state index in [2.05, 4.69) is 52.5 Å². The van der Waals surface area contributed by atoms with E-state index < -0.39 is 0 Å². The number of carbonyl (C=O) groups excluding carboxylic acids is 1. The van der Waals surface area contributed by atoms with Crippen molar-refractivity contribution >= 4 is 17.7 Å². The van der Waals surface area contributed by atoms with Crippen molar-refractivity contribution in [3.05, 3.63) is 40.7 Å². The molecule has 0 radical (unpaired) electrons. The smallest absolute Gasteiger partial charge is 0.230 e. The van der Waals surface area contributed by atoms with Gasteiger partial charge in [-0.1, -0.05) is 36.9 Å². The molecule has 0 aliphatic heterocycles. The lowest BCUT2D eigenvalue weighted by atomic mass is 10.0. The van der Waals surface area contributed by atoms with Crippen LogP contribution in [0.25, 0.3) is 0 Å². The van der Waals surface area contributed by atoms with Crippen molar-refractivity contribution in [3.63, 3.8) is 0 Å². The first kappa shape index (κ1) is 16.5. The van der Waals surface area contributed by atoms with Gasteiger partial charge in [0.1, 0.15) is 5.82 Å². The Balaban J connectivity index is 1.86. The Morgan fingerprint density at radius 3 is 2.77 bits per heavy atom. The number of carbonyl (C=O) groups is 1. The van der Waals surface area contributed by atoms with Gasteiger partial charge in [0.2, 0.25) is 11.1 Å². The Bertz CT molecular complexity index is 653. The van der Waals surface area contributed by atoms with Crippen LogP contribution >= 0.6 is 11.8 Å².